The molecule has 4 aromatic carbocycles. The van der Waals surface area contributed by atoms with Crippen LogP contribution in [0.3, 0.4) is 0 Å². The lowest BCUT2D eigenvalue weighted by Crippen LogP contribution is -2.43. The van der Waals surface area contributed by atoms with Crippen molar-refractivity contribution in [3.8, 4) is 11.1 Å². The second-order valence-electron chi connectivity index (χ2n) is 25.1. The van der Waals surface area contributed by atoms with E-state index in [1.54, 1.807) is 0 Å². The maximum atomic E-state index is 7.49. The summed E-state index contributed by atoms with van der Waals surface area (Å²) in [5, 5.41) is 2.73. The van der Waals surface area contributed by atoms with Crippen molar-refractivity contribution in [1.29, 1.82) is 0 Å². The minimum absolute atomic E-state index is 0.222. The summed E-state index contributed by atoms with van der Waals surface area (Å²) in [4.78, 5) is 7.23. The molecule has 0 radical (unpaired) electrons. The molecule has 394 valence electrons. The van der Waals surface area contributed by atoms with Crippen LogP contribution in [0, 0.1) is 27.0 Å². The van der Waals surface area contributed by atoms with Gasteiger partial charge in [-0.05, 0) is 196 Å². The molecule has 2 saturated carbocycles. The number of hydrogen-bond acceptors (Lipinski definition) is 6. The maximum Gasteiger partial charge on any atom is 0.495 e. The molecule has 6 aromatic rings. The van der Waals surface area contributed by atoms with Gasteiger partial charge >= 0.3 is 7.12 Å². The van der Waals surface area contributed by atoms with Gasteiger partial charge in [0.1, 0.15) is 0 Å². The van der Waals surface area contributed by atoms with Crippen molar-refractivity contribution in [3.63, 3.8) is 0 Å². The van der Waals surface area contributed by atoms with Crippen molar-refractivity contribution in [2.45, 2.75) is 193 Å². The molecule has 4 unspecified atom stereocenters. The molecule has 1 aliphatic heterocycles. The summed E-state index contributed by atoms with van der Waals surface area (Å²) in [7, 11) is -3.83. The lowest BCUT2D eigenvalue weighted by Gasteiger charge is -2.38. The van der Waals surface area contributed by atoms with E-state index in [-0.39, 0.29) is 28.4 Å². The molecule has 0 spiro atoms. The summed E-state index contributed by atoms with van der Waals surface area (Å²) in [5.74, 6) is 0. The molecule has 9 rings (SSSR count). The van der Waals surface area contributed by atoms with Gasteiger partial charge in [0.2, 0.25) is 0 Å². The summed E-state index contributed by atoms with van der Waals surface area (Å²) in [6.07, 6.45) is 11.8. The maximum absolute atomic E-state index is 7.49. The molecule has 4 N–H and O–H groups in total. The number of hydrogen-bond donors (Lipinski definition) is 2. The molecule has 14 heteroatoms. The number of halogens is 1. The zero-order valence-electron chi connectivity index (χ0n) is 47.2. The molecule has 3 fully saturated rings. The Morgan fingerprint density at radius 3 is 1.57 bits per heavy atom. The summed E-state index contributed by atoms with van der Waals surface area (Å²) in [6.45, 7) is 50.2. The van der Waals surface area contributed by atoms with E-state index in [9.17, 15) is 0 Å². The third-order valence-electron chi connectivity index (χ3n) is 17.5. The van der Waals surface area contributed by atoms with Crippen LogP contribution < -0.4 is 16.9 Å². The third-order valence-corrected chi connectivity index (χ3v) is 27.2. The van der Waals surface area contributed by atoms with Gasteiger partial charge in [-0.25, -0.2) is 9.69 Å². The van der Waals surface area contributed by atoms with E-state index < -0.39 is 16.6 Å². The molecule has 2 aromatic heterocycles. The second kappa shape index (κ2) is 21.4. The molecular formula is C60H82BBrN6O4Si2. The normalized spacial score (nSPS) is 20.7. The van der Waals surface area contributed by atoms with Crippen LogP contribution in [0.4, 0.5) is 22.7 Å². The molecule has 4 atom stereocenters. The van der Waals surface area contributed by atoms with Gasteiger partial charge in [-0.3, -0.25) is 0 Å². The SMILES string of the molecule is Cc1c(N)cccc1B1OC(C)(C)C(C)(C)O1.[C-]#[N+]c1ccc2c(c1)c(-c1cccc(N)c1C)cn2C1CCC(O[Si](C)(C)C(C)(C)C)C1.[C-]#[N+]c1ccc2c(c1)c(Br)cn2C1CCC(O[Si](C)(C)C(C)(C)C)C1. The predicted octanol–water partition coefficient (Wildman–Crippen LogP) is 16.8. The number of nitrogens with two attached hydrogens (primary N) is 2. The zero-order valence-corrected chi connectivity index (χ0v) is 50.8. The Hall–Kier alpha value is -4.64. The zero-order chi connectivity index (χ0) is 54.5. The highest BCUT2D eigenvalue weighted by molar-refractivity contribution is 9.10. The topological polar surface area (TPSA) is 108 Å². The van der Waals surface area contributed by atoms with Gasteiger partial charge < -0.3 is 38.8 Å². The van der Waals surface area contributed by atoms with Gasteiger partial charge in [-0.15, -0.1) is 0 Å². The Morgan fingerprint density at radius 1 is 0.635 bits per heavy atom. The smallest absolute Gasteiger partial charge is 0.414 e. The molecule has 3 heterocycles. The molecular weight excluding hydrogens is 1020 g/mol. The van der Waals surface area contributed by atoms with E-state index in [0.717, 1.165) is 92.9 Å². The molecule has 74 heavy (non-hydrogen) atoms. The minimum atomic E-state index is -1.78. The van der Waals surface area contributed by atoms with E-state index in [1.807, 2.05) is 61.5 Å². The number of nitrogen functional groups attached to an aromatic ring is 2. The number of rotatable bonds is 8. The summed E-state index contributed by atoms with van der Waals surface area (Å²) in [5.41, 5.74) is 22.3. The van der Waals surface area contributed by atoms with Gasteiger partial charge in [0.25, 0.3) is 0 Å². The first-order valence-electron chi connectivity index (χ1n) is 26.5. The largest absolute Gasteiger partial charge is 0.495 e. The van der Waals surface area contributed by atoms with Crippen molar-refractivity contribution in [2.75, 3.05) is 11.5 Å². The summed E-state index contributed by atoms with van der Waals surface area (Å²) in [6, 6.07) is 24.8. The van der Waals surface area contributed by atoms with Crippen molar-refractivity contribution < 1.29 is 18.2 Å². The van der Waals surface area contributed by atoms with Gasteiger partial charge in [-0.2, -0.15) is 0 Å². The molecule has 0 amide bonds. The Balaban J connectivity index is 0.000000170. The first-order chi connectivity index (χ1) is 34.4. The fourth-order valence-electron chi connectivity index (χ4n) is 9.99. The Labute approximate surface area is 454 Å². The molecule has 3 aliphatic rings. The van der Waals surface area contributed by atoms with Crippen LogP contribution in [-0.2, 0) is 18.2 Å². The molecule has 10 nitrogen and oxygen atoms in total. The number of nitrogens with zero attached hydrogens (tertiary/aromatic N) is 4. The highest BCUT2D eigenvalue weighted by Crippen LogP contribution is 2.46. The first kappa shape index (κ1) is 57.1. The third kappa shape index (κ3) is 11.8. The fourth-order valence-corrected chi connectivity index (χ4v) is 13.3. The average molecular weight is 1100 g/mol. The molecule has 1 saturated heterocycles. The Kier molecular flexibility index (Phi) is 16.5. The van der Waals surface area contributed by atoms with Crippen LogP contribution in [0.25, 0.3) is 42.6 Å². The highest BCUT2D eigenvalue weighted by atomic mass is 79.9. The summed E-state index contributed by atoms with van der Waals surface area (Å²) >= 11 is 3.67. The van der Waals surface area contributed by atoms with Crippen LogP contribution in [0.15, 0.2) is 89.7 Å². The second-order valence-corrected chi connectivity index (χ2v) is 35.4. The van der Waals surface area contributed by atoms with Crippen LogP contribution in [0.5, 0.6) is 0 Å². The fraction of sp³-hybridized carbons (Fsp3) is 0.500. The standard InChI is InChI=1S/C27H35N3OSi.C20H27BrN2OSi.C13H20BNO2/c1-18-22(9-8-10-25(18)28)24-17-30(26-14-11-19(29-5)15-23(24)26)20-12-13-21(16-20)31-32(6,7)27(2,3)4;1-20(2,3)25(5,6)24-16-9-8-15(12-16)23-13-18(21)17-11-14(22-4)7-10-19(17)23;1-9-10(7-6-8-11(9)15)14-16-12(2,3)13(4,5)17-14/h8-11,14-15,17,20-21H,12-13,16,28H2,1-4,6-7H3;7,10-11,13,15-16H,8-9,12H2,1-3,5-6H3;6-8H,15H2,1-5H3. The van der Waals surface area contributed by atoms with Crippen molar-refractivity contribution >= 4 is 89.7 Å². The van der Waals surface area contributed by atoms with E-state index in [4.69, 9.17) is 42.8 Å². The average Bonchev–Trinajstić information content (AvgIpc) is 4.15. The Bertz CT molecular complexity index is 3080. The number of fused-ring (bicyclic) bond motifs is 2. The molecule has 2 aliphatic carbocycles. The van der Waals surface area contributed by atoms with Gasteiger partial charge in [-0.1, -0.05) is 77.9 Å². The van der Waals surface area contributed by atoms with Crippen molar-refractivity contribution in [3.05, 3.63) is 124 Å². The number of benzene rings is 4. The van der Waals surface area contributed by atoms with Gasteiger partial charge in [0.05, 0.1) is 24.3 Å². The Morgan fingerprint density at radius 2 is 1.08 bits per heavy atom. The lowest BCUT2D eigenvalue weighted by atomic mass is 9.76. The highest BCUT2D eigenvalue weighted by Gasteiger charge is 2.52. The van der Waals surface area contributed by atoms with Crippen LogP contribution in [-0.4, -0.2) is 56.3 Å². The van der Waals surface area contributed by atoms with Crippen LogP contribution in [0.2, 0.25) is 36.3 Å². The molecule has 0 bridgehead atoms. The van der Waals surface area contributed by atoms with Crippen LogP contribution in [0.1, 0.15) is 131 Å². The van der Waals surface area contributed by atoms with Crippen LogP contribution >= 0.6 is 15.9 Å². The lowest BCUT2D eigenvalue weighted by molar-refractivity contribution is 0.00578. The number of aromatic nitrogens is 2. The van der Waals surface area contributed by atoms with Gasteiger partial charge in [0, 0.05) is 74.5 Å². The van der Waals surface area contributed by atoms with E-state index >= 15 is 0 Å². The predicted molar refractivity (Wildman–Crippen MR) is 320 cm³/mol. The van der Waals surface area contributed by atoms with E-state index in [2.05, 4.69) is 168 Å². The quantitative estimate of drug-likeness (QED) is 0.0893. The first-order valence-corrected chi connectivity index (χ1v) is 33.1. The van der Waals surface area contributed by atoms with E-state index in [0.29, 0.717) is 35.7 Å². The van der Waals surface area contributed by atoms with Crippen molar-refractivity contribution in [2.24, 2.45) is 0 Å². The number of anilines is 2. The monoisotopic (exact) mass is 1100 g/mol. The minimum Gasteiger partial charge on any atom is -0.414 e. The van der Waals surface area contributed by atoms with Crippen molar-refractivity contribution in [1.82, 2.24) is 9.13 Å². The van der Waals surface area contributed by atoms with E-state index in [1.165, 1.54) is 11.0 Å². The summed E-state index contributed by atoms with van der Waals surface area (Å²) < 4.78 is 31.3. The van der Waals surface area contributed by atoms with Gasteiger partial charge in [0.15, 0.2) is 28.0 Å².